The number of rotatable bonds is 6. The maximum Gasteiger partial charge on any atom is 0.317 e. The molecular weight excluding hydrogens is 364 g/mol. The van der Waals surface area contributed by atoms with Gasteiger partial charge in [-0.1, -0.05) is 6.07 Å². The van der Waals surface area contributed by atoms with Gasteiger partial charge in [0.25, 0.3) is 0 Å². The van der Waals surface area contributed by atoms with E-state index in [-0.39, 0.29) is 18.3 Å². The Kier molecular flexibility index (Phi) is 5.96. The first-order chi connectivity index (χ1) is 13.1. The lowest BCUT2D eigenvalue weighted by atomic mass is 9.76. The van der Waals surface area contributed by atoms with E-state index in [9.17, 15) is 9.59 Å². The number of benzene rings is 1. The molecule has 0 fully saturated rings. The molecule has 0 bridgehead atoms. The summed E-state index contributed by atoms with van der Waals surface area (Å²) in [6.45, 7) is 1.99. The molecule has 0 spiro atoms. The van der Waals surface area contributed by atoms with E-state index in [0.717, 1.165) is 16.0 Å². The second kappa shape index (κ2) is 8.39. The predicted molar refractivity (Wildman–Crippen MR) is 104 cm³/mol. The van der Waals surface area contributed by atoms with Gasteiger partial charge in [0.15, 0.2) is 5.78 Å². The van der Waals surface area contributed by atoms with Crippen LogP contribution in [0.1, 0.15) is 29.7 Å². The van der Waals surface area contributed by atoms with Gasteiger partial charge in [-0.2, -0.15) is 0 Å². The third-order valence-electron chi connectivity index (χ3n) is 4.67. The molecule has 1 aromatic heterocycles. The second-order valence-electron chi connectivity index (χ2n) is 6.19. The maximum atomic E-state index is 12.9. The lowest BCUT2D eigenvalue weighted by Crippen LogP contribution is -2.33. The van der Waals surface area contributed by atoms with Crippen LogP contribution in [0.3, 0.4) is 0 Å². The molecule has 0 amide bonds. The molecule has 2 aromatic rings. The number of ether oxygens (including phenoxy) is 3. The summed E-state index contributed by atoms with van der Waals surface area (Å²) in [5.74, 6) is -0.433. The Morgan fingerprint density at radius 3 is 2.67 bits per heavy atom. The first-order valence-corrected chi connectivity index (χ1v) is 9.63. The van der Waals surface area contributed by atoms with E-state index in [1.54, 1.807) is 38.6 Å². The standard InChI is InChI=1S/C21H22O5S/c1-4-26-21(23)20-16(19-6-5-9-27-19)10-13(11-17(20)22)15-12-14(24-2)7-8-18(15)25-3/h5-9,11-12,16,20H,4,10H2,1-3H3/t16-,20-/m0/s1. The van der Waals surface area contributed by atoms with Crippen LogP contribution in [0.5, 0.6) is 11.5 Å². The van der Waals surface area contributed by atoms with Crippen molar-refractivity contribution in [2.45, 2.75) is 19.3 Å². The zero-order chi connectivity index (χ0) is 19.4. The van der Waals surface area contributed by atoms with E-state index in [1.807, 2.05) is 35.7 Å². The lowest BCUT2D eigenvalue weighted by molar-refractivity contribution is -0.151. The van der Waals surface area contributed by atoms with Crippen molar-refractivity contribution in [2.24, 2.45) is 5.92 Å². The fourth-order valence-corrected chi connectivity index (χ4v) is 4.27. The van der Waals surface area contributed by atoms with Crippen LogP contribution < -0.4 is 9.47 Å². The van der Waals surface area contributed by atoms with Crippen molar-refractivity contribution in [1.82, 2.24) is 0 Å². The van der Waals surface area contributed by atoms with E-state index >= 15 is 0 Å². The summed E-state index contributed by atoms with van der Waals surface area (Å²) in [5, 5.41) is 1.95. The third-order valence-corrected chi connectivity index (χ3v) is 5.67. The highest BCUT2D eigenvalue weighted by atomic mass is 32.1. The molecular formula is C21H22O5S. The molecule has 1 aromatic carbocycles. The third kappa shape index (κ3) is 3.90. The number of hydrogen-bond donors (Lipinski definition) is 0. The topological polar surface area (TPSA) is 61.8 Å². The Morgan fingerprint density at radius 1 is 1.22 bits per heavy atom. The molecule has 1 heterocycles. The number of carbonyl (C=O) groups excluding carboxylic acids is 2. The highest BCUT2D eigenvalue weighted by Crippen LogP contribution is 2.44. The molecule has 0 unspecified atom stereocenters. The van der Waals surface area contributed by atoms with Crippen LogP contribution in [0, 0.1) is 5.92 Å². The lowest BCUT2D eigenvalue weighted by Gasteiger charge is -2.29. The van der Waals surface area contributed by atoms with Gasteiger partial charge < -0.3 is 14.2 Å². The number of carbonyl (C=O) groups is 2. The summed E-state index contributed by atoms with van der Waals surface area (Å²) in [5.41, 5.74) is 1.63. The second-order valence-corrected chi connectivity index (χ2v) is 7.17. The Labute approximate surface area is 162 Å². The van der Waals surface area contributed by atoms with Crippen LogP contribution in [-0.2, 0) is 14.3 Å². The van der Waals surface area contributed by atoms with Gasteiger partial charge in [-0.3, -0.25) is 9.59 Å². The van der Waals surface area contributed by atoms with Gasteiger partial charge in [0, 0.05) is 16.4 Å². The minimum absolute atomic E-state index is 0.238. The fourth-order valence-electron chi connectivity index (χ4n) is 3.41. The molecule has 1 aliphatic rings. The van der Waals surface area contributed by atoms with Crippen molar-refractivity contribution in [2.75, 3.05) is 20.8 Å². The molecule has 0 aliphatic heterocycles. The van der Waals surface area contributed by atoms with Crippen LogP contribution in [0.15, 0.2) is 41.8 Å². The molecule has 0 saturated carbocycles. The molecule has 0 N–H and O–H groups in total. The first-order valence-electron chi connectivity index (χ1n) is 8.75. The van der Waals surface area contributed by atoms with Crippen LogP contribution in [0.4, 0.5) is 0 Å². The summed E-state index contributed by atoms with van der Waals surface area (Å²) in [6.07, 6.45) is 2.09. The Balaban J connectivity index is 2.05. The maximum absolute atomic E-state index is 12.9. The Hall–Kier alpha value is -2.60. The van der Waals surface area contributed by atoms with Crippen molar-refractivity contribution in [3.63, 3.8) is 0 Å². The monoisotopic (exact) mass is 386 g/mol. The molecule has 5 nitrogen and oxygen atoms in total. The van der Waals surface area contributed by atoms with Gasteiger partial charge >= 0.3 is 5.97 Å². The van der Waals surface area contributed by atoms with E-state index < -0.39 is 11.9 Å². The average Bonchev–Trinajstić information content (AvgIpc) is 3.21. The zero-order valence-corrected chi connectivity index (χ0v) is 16.4. The smallest absolute Gasteiger partial charge is 0.317 e. The minimum Gasteiger partial charge on any atom is -0.497 e. The van der Waals surface area contributed by atoms with Gasteiger partial charge in [0.2, 0.25) is 0 Å². The van der Waals surface area contributed by atoms with Crippen molar-refractivity contribution in [3.8, 4) is 11.5 Å². The summed E-state index contributed by atoms with van der Waals surface area (Å²) in [4.78, 5) is 26.4. The summed E-state index contributed by atoms with van der Waals surface area (Å²) in [6, 6.07) is 9.37. The van der Waals surface area contributed by atoms with Gasteiger partial charge in [-0.25, -0.2) is 0 Å². The van der Waals surface area contributed by atoms with E-state index in [4.69, 9.17) is 14.2 Å². The van der Waals surface area contributed by atoms with Crippen LogP contribution in [0.2, 0.25) is 0 Å². The minimum atomic E-state index is -0.816. The predicted octanol–water partition coefficient (Wildman–Crippen LogP) is 4.08. The van der Waals surface area contributed by atoms with E-state index in [1.165, 1.54) is 0 Å². The van der Waals surface area contributed by atoms with Crippen molar-refractivity contribution in [3.05, 3.63) is 52.2 Å². The highest BCUT2D eigenvalue weighted by molar-refractivity contribution is 7.10. The average molecular weight is 386 g/mol. The number of ketones is 1. The molecule has 3 rings (SSSR count). The van der Waals surface area contributed by atoms with Crippen molar-refractivity contribution < 1.29 is 23.8 Å². The Morgan fingerprint density at radius 2 is 2.04 bits per heavy atom. The SMILES string of the molecule is CCOC(=O)[C@@H]1C(=O)C=C(c2cc(OC)ccc2OC)C[C@H]1c1cccs1. The largest absolute Gasteiger partial charge is 0.497 e. The summed E-state index contributed by atoms with van der Waals surface area (Å²) >= 11 is 1.54. The zero-order valence-electron chi connectivity index (χ0n) is 15.6. The molecule has 0 radical (unpaired) electrons. The summed E-state index contributed by atoms with van der Waals surface area (Å²) < 4.78 is 16.0. The van der Waals surface area contributed by atoms with Gasteiger partial charge in [0.05, 0.1) is 20.8 Å². The van der Waals surface area contributed by atoms with Crippen molar-refractivity contribution >= 4 is 28.7 Å². The number of hydrogen-bond acceptors (Lipinski definition) is 6. The Bertz CT molecular complexity index is 853. The molecule has 1 aliphatic carbocycles. The number of allylic oxidation sites excluding steroid dienone is 2. The number of methoxy groups -OCH3 is 2. The van der Waals surface area contributed by atoms with Gasteiger partial charge in [-0.15, -0.1) is 11.3 Å². The normalized spacial score (nSPS) is 19.4. The van der Waals surface area contributed by atoms with Gasteiger partial charge in [-0.05, 0) is 54.6 Å². The number of thiophene rings is 1. The molecule has 6 heteroatoms. The van der Waals surface area contributed by atoms with Crippen LogP contribution in [0.25, 0.3) is 5.57 Å². The van der Waals surface area contributed by atoms with Gasteiger partial charge in [0.1, 0.15) is 17.4 Å². The highest BCUT2D eigenvalue weighted by Gasteiger charge is 2.40. The molecule has 27 heavy (non-hydrogen) atoms. The summed E-state index contributed by atoms with van der Waals surface area (Å²) in [7, 11) is 3.19. The van der Waals surface area contributed by atoms with E-state index in [0.29, 0.717) is 17.9 Å². The molecule has 2 atom stereocenters. The van der Waals surface area contributed by atoms with Crippen LogP contribution in [-0.4, -0.2) is 32.6 Å². The number of esters is 1. The van der Waals surface area contributed by atoms with E-state index in [2.05, 4.69) is 0 Å². The first kappa shape index (κ1) is 19.2. The molecule has 142 valence electrons. The fraction of sp³-hybridized carbons (Fsp3) is 0.333. The van der Waals surface area contributed by atoms with Crippen LogP contribution >= 0.6 is 11.3 Å². The quantitative estimate of drug-likeness (QED) is 0.553. The van der Waals surface area contributed by atoms with Crippen molar-refractivity contribution in [1.29, 1.82) is 0 Å². The molecule has 0 saturated heterocycles.